The van der Waals surface area contributed by atoms with E-state index in [0.717, 1.165) is 0 Å². The Morgan fingerprint density at radius 3 is 2.85 bits per heavy atom. The van der Waals surface area contributed by atoms with Crippen LogP contribution in [0.15, 0.2) is 24.4 Å². The first-order valence-corrected chi connectivity index (χ1v) is 8.35. The van der Waals surface area contributed by atoms with Crippen molar-refractivity contribution in [1.82, 2.24) is 10.3 Å². The number of fused-ring (bicyclic) bond motifs is 1. The van der Waals surface area contributed by atoms with Gasteiger partial charge in [-0.05, 0) is 30.5 Å². The summed E-state index contributed by atoms with van der Waals surface area (Å²) < 4.78 is 24.9. The van der Waals surface area contributed by atoms with Crippen molar-refractivity contribution in [3.8, 4) is 11.6 Å². The molecular weight excluding hydrogens is 357 g/mol. The molecule has 27 heavy (non-hydrogen) atoms. The molecule has 0 spiro atoms. The van der Waals surface area contributed by atoms with Crippen molar-refractivity contribution in [3.05, 3.63) is 30.0 Å². The van der Waals surface area contributed by atoms with Gasteiger partial charge in [0, 0.05) is 17.5 Å². The number of hydrogen-bond acceptors (Lipinski definition) is 6. The van der Waals surface area contributed by atoms with Crippen LogP contribution in [0.4, 0.5) is 4.39 Å². The molecule has 144 valence electrons. The third-order valence-corrected chi connectivity index (χ3v) is 4.65. The predicted octanol–water partition coefficient (Wildman–Crippen LogP) is 0.555. The number of nitrogens with zero attached hydrogens (tertiary/aromatic N) is 1. The maximum absolute atomic E-state index is 14.0. The third-order valence-electron chi connectivity index (χ3n) is 4.65. The van der Waals surface area contributed by atoms with Gasteiger partial charge in [-0.15, -0.1) is 0 Å². The van der Waals surface area contributed by atoms with Crippen LogP contribution < -0.4 is 20.5 Å². The first kappa shape index (κ1) is 18.8. The van der Waals surface area contributed by atoms with E-state index in [1.807, 2.05) is 0 Å². The number of nitrogens with one attached hydrogen (secondary N) is 1. The molecule has 2 heterocycles. The number of aromatic nitrogens is 1. The number of amides is 2. The highest BCUT2D eigenvalue weighted by Crippen LogP contribution is 2.31. The molecule has 1 aromatic heterocycles. The Kier molecular flexibility index (Phi) is 5.13. The lowest BCUT2D eigenvalue weighted by atomic mass is 9.94. The summed E-state index contributed by atoms with van der Waals surface area (Å²) >= 11 is 0. The fourth-order valence-corrected chi connectivity index (χ4v) is 3.29. The summed E-state index contributed by atoms with van der Waals surface area (Å²) in [6.45, 7) is 1.35. The van der Waals surface area contributed by atoms with E-state index in [9.17, 15) is 19.1 Å². The second kappa shape index (κ2) is 7.36. The van der Waals surface area contributed by atoms with E-state index in [1.54, 1.807) is 18.2 Å². The molecule has 4 N–H and O–H groups in total. The zero-order chi connectivity index (χ0) is 19.7. The molecule has 0 radical (unpaired) electrons. The van der Waals surface area contributed by atoms with Gasteiger partial charge in [-0.1, -0.05) is 0 Å². The standard InChI is InChI=1S/C18H20FN3O5/c1-8(23)14-12(22-17(25)15(14)19)7-27-18-10-6-13(26-2)11(16(20)24)5-9(10)3-4-21-18/h3-6,8,12,14-15,23H,7H2,1-2H3,(H2,20,24)(H,22,25)/t8?,12-,14+,15+/m1/s1. The number of rotatable bonds is 6. The van der Waals surface area contributed by atoms with Crippen molar-refractivity contribution in [2.24, 2.45) is 11.7 Å². The summed E-state index contributed by atoms with van der Waals surface area (Å²) in [6.07, 6.45) is -1.32. The maximum Gasteiger partial charge on any atom is 0.255 e. The number of methoxy groups -OCH3 is 1. The minimum absolute atomic E-state index is 0.0757. The zero-order valence-corrected chi connectivity index (χ0v) is 14.8. The van der Waals surface area contributed by atoms with E-state index in [4.69, 9.17) is 15.2 Å². The van der Waals surface area contributed by atoms with Crippen molar-refractivity contribution < 1.29 is 28.6 Å². The second-order valence-electron chi connectivity index (χ2n) is 6.40. The number of aliphatic hydroxyl groups excluding tert-OH is 1. The normalized spacial score (nSPS) is 23.1. The Bertz CT molecular complexity index is 889. The van der Waals surface area contributed by atoms with Crippen LogP contribution in [0, 0.1) is 5.92 Å². The zero-order valence-electron chi connectivity index (χ0n) is 14.8. The number of carbonyl (C=O) groups excluding carboxylic acids is 2. The fourth-order valence-electron chi connectivity index (χ4n) is 3.29. The van der Waals surface area contributed by atoms with Gasteiger partial charge in [0.15, 0.2) is 6.17 Å². The van der Waals surface area contributed by atoms with Crippen LogP contribution in [-0.2, 0) is 4.79 Å². The van der Waals surface area contributed by atoms with Gasteiger partial charge in [0.05, 0.1) is 24.8 Å². The summed E-state index contributed by atoms with van der Waals surface area (Å²) in [4.78, 5) is 27.3. The van der Waals surface area contributed by atoms with Gasteiger partial charge in [0.2, 0.25) is 5.88 Å². The molecule has 4 atom stereocenters. The van der Waals surface area contributed by atoms with Crippen LogP contribution >= 0.6 is 0 Å². The average molecular weight is 377 g/mol. The minimum Gasteiger partial charge on any atom is -0.496 e. The molecule has 2 aromatic rings. The molecule has 1 aliphatic rings. The molecule has 2 amide bonds. The van der Waals surface area contributed by atoms with Crippen LogP contribution in [0.2, 0.25) is 0 Å². The lowest BCUT2D eigenvalue weighted by molar-refractivity contribution is -0.124. The number of ether oxygens (including phenoxy) is 2. The molecular formula is C18H20FN3O5. The van der Waals surface area contributed by atoms with Crippen molar-refractivity contribution in [1.29, 1.82) is 0 Å². The van der Waals surface area contributed by atoms with Gasteiger partial charge in [-0.3, -0.25) is 9.59 Å². The number of primary amides is 1. The van der Waals surface area contributed by atoms with Gasteiger partial charge >= 0.3 is 0 Å². The molecule has 3 rings (SSSR count). The van der Waals surface area contributed by atoms with Crippen molar-refractivity contribution >= 4 is 22.6 Å². The Labute approximate surface area is 154 Å². The third kappa shape index (κ3) is 3.50. The highest BCUT2D eigenvalue weighted by atomic mass is 19.1. The fraction of sp³-hybridized carbons (Fsp3) is 0.389. The largest absolute Gasteiger partial charge is 0.496 e. The highest BCUT2D eigenvalue weighted by molar-refractivity contribution is 6.01. The smallest absolute Gasteiger partial charge is 0.255 e. The average Bonchev–Trinajstić information content (AvgIpc) is 2.92. The maximum atomic E-state index is 14.0. The molecule has 0 saturated carbocycles. The van der Waals surface area contributed by atoms with E-state index < -0.39 is 36.0 Å². The van der Waals surface area contributed by atoms with Crippen molar-refractivity contribution in [2.45, 2.75) is 25.2 Å². The number of benzene rings is 1. The van der Waals surface area contributed by atoms with E-state index >= 15 is 0 Å². The Morgan fingerprint density at radius 1 is 1.48 bits per heavy atom. The lowest BCUT2D eigenvalue weighted by Crippen LogP contribution is -2.39. The number of aliphatic hydroxyl groups is 1. The van der Waals surface area contributed by atoms with Crippen LogP contribution in [0.3, 0.4) is 0 Å². The number of alkyl halides is 1. The topological polar surface area (TPSA) is 124 Å². The molecule has 0 bridgehead atoms. The van der Waals surface area contributed by atoms with Gasteiger partial charge in [-0.25, -0.2) is 9.37 Å². The number of halogens is 1. The molecule has 9 heteroatoms. The summed E-state index contributed by atoms with van der Waals surface area (Å²) in [5.41, 5.74) is 5.59. The van der Waals surface area contributed by atoms with E-state index in [0.29, 0.717) is 10.8 Å². The van der Waals surface area contributed by atoms with Crippen LogP contribution in [-0.4, -0.2) is 53.9 Å². The number of hydrogen-bond donors (Lipinski definition) is 3. The number of carbonyl (C=O) groups is 2. The summed E-state index contributed by atoms with van der Waals surface area (Å²) in [7, 11) is 1.41. The summed E-state index contributed by atoms with van der Waals surface area (Å²) in [5.74, 6) is -1.82. The first-order valence-electron chi connectivity index (χ1n) is 8.35. The Balaban J connectivity index is 1.89. The Hall–Kier alpha value is -2.94. The molecule has 0 aliphatic carbocycles. The molecule has 1 aliphatic heterocycles. The summed E-state index contributed by atoms with van der Waals surface area (Å²) in [6, 6.07) is 4.13. The van der Waals surface area contributed by atoms with Crippen molar-refractivity contribution in [2.75, 3.05) is 13.7 Å². The monoisotopic (exact) mass is 377 g/mol. The van der Waals surface area contributed by atoms with Crippen LogP contribution in [0.1, 0.15) is 17.3 Å². The van der Waals surface area contributed by atoms with E-state index in [2.05, 4.69) is 10.3 Å². The lowest BCUT2D eigenvalue weighted by Gasteiger charge is -2.22. The quantitative estimate of drug-likeness (QED) is 0.676. The predicted molar refractivity (Wildman–Crippen MR) is 94.3 cm³/mol. The molecule has 8 nitrogen and oxygen atoms in total. The summed E-state index contributed by atoms with van der Waals surface area (Å²) in [5, 5.41) is 13.5. The molecule has 1 aromatic carbocycles. The Morgan fingerprint density at radius 2 is 2.22 bits per heavy atom. The molecule has 1 fully saturated rings. The molecule has 1 saturated heterocycles. The van der Waals surface area contributed by atoms with Gasteiger partial charge in [0.1, 0.15) is 12.4 Å². The highest BCUT2D eigenvalue weighted by Gasteiger charge is 2.45. The van der Waals surface area contributed by atoms with Gasteiger partial charge in [0.25, 0.3) is 11.8 Å². The number of nitrogens with two attached hydrogens (primary N) is 1. The molecule has 1 unspecified atom stereocenters. The van der Waals surface area contributed by atoms with Crippen LogP contribution in [0.25, 0.3) is 10.8 Å². The van der Waals surface area contributed by atoms with Gasteiger partial charge < -0.3 is 25.6 Å². The van der Waals surface area contributed by atoms with E-state index in [1.165, 1.54) is 20.2 Å². The second-order valence-corrected chi connectivity index (χ2v) is 6.40. The van der Waals surface area contributed by atoms with Crippen molar-refractivity contribution in [3.63, 3.8) is 0 Å². The van der Waals surface area contributed by atoms with Gasteiger partial charge in [-0.2, -0.15) is 0 Å². The van der Waals surface area contributed by atoms with E-state index in [-0.39, 0.29) is 23.8 Å². The van der Waals surface area contributed by atoms with Crippen LogP contribution in [0.5, 0.6) is 11.6 Å². The minimum atomic E-state index is -1.79. The SMILES string of the molecule is COc1cc2c(OC[C@H]3NC(=O)[C@@H](F)[C@H]3C(C)O)nccc2cc1C(N)=O. The first-order chi connectivity index (χ1) is 12.8. The number of pyridine rings is 1.